The molecule has 0 saturated heterocycles. The zero-order chi connectivity index (χ0) is 16.1. The minimum absolute atomic E-state index is 0.143. The minimum atomic E-state index is -2.87. The van der Waals surface area contributed by atoms with Gasteiger partial charge >= 0.3 is 12.6 Å². The van der Waals surface area contributed by atoms with Gasteiger partial charge in [0.1, 0.15) is 5.75 Å². The van der Waals surface area contributed by atoms with Gasteiger partial charge in [-0.05, 0) is 47.7 Å². The summed E-state index contributed by atoms with van der Waals surface area (Å²) in [6.07, 6.45) is 2.84. The van der Waals surface area contributed by atoms with Crippen molar-refractivity contribution in [2.45, 2.75) is 44.9 Å². The number of benzene rings is 1. The summed E-state index contributed by atoms with van der Waals surface area (Å²) in [6, 6.07) is 5.35. The Morgan fingerprint density at radius 2 is 2.05 bits per heavy atom. The number of carboxylic acid groups (broad SMARTS) is 1. The average molecular weight is 378 g/mol. The number of rotatable bonds is 6. The maximum Gasteiger partial charge on any atom is 0.387 e. The Hall–Kier alpha value is -1.21. The highest BCUT2D eigenvalue weighted by Gasteiger charge is 2.25. The Morgan fingerprint density at radius 1 is 1.36 bits per heavy atom. The summed E-state index contributed by atoms with van der Waals surface area (Å²) in [5, 5.41) is 12.3. The van der Waals surface area contributed by atoms with Crippen LogP contribution in [0.4, 0.5) is 8.78 Å². The van der Waals surface area contributed by atoms with Crippen LogP contribution < -0.4 is 10.1 Å². The summed E-state index contributed by atoms with van der Waals surface area (Å²) in [4.78, 5) is 10.9. The molecule has 0 amide bonds. The van der Waals surface area contributed by atoms with E-state index < -0.39 is 12.6 Å². The molecule has 122 valence electrons. The molecule has 0 radical (unpaired) electrons. The van der Waals surface area contributed by atoms with Crippen LogP contribution in [-0.4, -0.2) is 23.7 Å². The van der Waals surface area contributed by atoms with Crippen LogP contribution in [0.3, 0.4) is 0 Å². The summed E-state index contributed by atoms with van der Waals surface area (Å²) >= 11 is 3.21. The first-order valence-electron chi connectivity index (χ1n) is 7.15. The Morgan fingerprint density at radius 3 is 2.64 bits per heavy atom. The van der Waals surface area contributed by atoms with Gasteiger partial charge in [-0.1, -0.05) is 12.1 Å². The number of carbonyl (C=O) groups is 1. The van der Waals surface area contributed by atoms with Gasteiger partial charge in [0.15, 0.2) is 0 Å². The van der Waals surface area contributed by atoms with Crippen LogP contribution in [0.5, 0.6) is 5.75 Å². The van der Waals surface area contributed by atoms with Crippen molar-refractivity contribution in [2.24, 2.45) is 5.92 Å². The third-order valence-corrected chi connectivity index (χ3v) is 4.54. The number of ether oxygens (including phenoxy) is 1. The molecule has 2 N–H and O–H groups in total. The number of alkyl halides is 2. The second-order valence-electron chi connectivity index (χ2n) is 5.37. The van der Waals surface area contributed by atoms with Gasteiger partial charge < -0.3 is 15.2 Å². The monoisotopic (exact) mass is 377 g/mol. The van der Waals surface area contributed by atoms with Crippen molar-refractivity contribution in [2.75, 3.05) is 0 Å². The smallest absolute Gasteiger partial charge is 0.387 e. The van der Waals surface area contributed by atoms with E-state index in [0.29, 0.717) is 29.4 Å². The largest absolute Gasteiger partial charge is 0.481 e. The highest BCUT2D eigenvalue weighted by Crippen LogP contribution is 2.31. The van der Waals surface area contributed by atoms with Crippen LogP contribution >= 0.6 is 15.9 Å². The molecule has 0 atom stereocenters. The molecule has 1 aromatic rings. The minimum Gasteiger partial charge on any atom is -0.481 e. The molecule has 7 heteroatoms. The molecule has 2 rings (SSSR count). The number of para-hydroxylation sites is 1. The average Bonchev–Trinajstić information content (AvgIpc) is 2.48. The van der Waals surface area contributed by atoms with Crippen molar-refractivity contribution in [3.05, 3.63) is 28.2 Å². The van der Waals surface area contributed by atoms with Crippen LogP contribution in [-0.2, 0) is 11.3 Å². The lowest BCUT2D eigenvalue weighted by Gasteiger charge is -2.27. The molecule has 0 bridgehead atoms. The number of nitrogens with one attached hydrogen (secondary N) is 1. The van der Waals surface area contributed by atoms with E-state index in [0.717, 1.165) is 12.8 Å². The fourth-order valence-electron chi connectivity index (χ4n) is 2.71. The molecule has 1 saturated carbocycles. The van der Waals surface area contributed by atoms with E-state index in [4.69, 9.17) is 5.11 Å². The number of hydrogen-bond acceptors (Lipinski definition) is 3. The second kappa shape index (κ2) is 7.87. The molecule has 0 aliphatic heterocycles. The molecular weight excluding hydrogens is 360 g/mol. The normalized spacial score (nSPS) is 21.8. The van der Waals surface area contributed by atoms with Crippen molar-refractivity contribution in [1.82, 2.24) is 5.32 Å². The van der Waals surface area contributed by atoms with Crippen LogP contribution in [0.2, 0.25) is 0 Å². The zero-order valence-electron chi connectivity index (χ0n) is 11.9. The molecule has 1 aliphatic carbocycles. The van der Waals surface area contributed by atoms with Gasteiger partial charge in [0, 0.05) is 18.2 Å². The predicted octanol–water partition coefficient (Wildman–Crippen LogP) is 3.78. The van der Waals surface area contributed by atoms with Crippen molar-refractivity contribution in [3.63, 3.8) is 0 Å². The molecule has 0 spiro atoms. The molecule has 1 aliphatic rings. The van der Waals surface area contributed by atoms with Crippen LogP contribution in [0.25, 0.3) is 0 Å². The van der Waals surface area contributed by atoms with E-state index in [1.807, 2.05) is 0 Å². The first-order chi connectivity index (χ1) is 10.5. The van der Waals surface area contributed by atoms with Gasteiger partial charge in [0.2, 0.25) is 0 Å². The lowest BCUT2D eigenvalue weighted by Crippen LogP contribution is -2.34. The summed E-state index contributed by atoms with van der Waals surface area (Å²) in [6.45, 7) is -2.47. The first kappa shape index (κ1) is 17.1. The number of aliphatic carboxylic acids is 1. The second-order valence-corrected chi connectivity index (χ2v) is 6.23. The summed E-state index contributed by atoms with van der Waals surface area (Å²) in [5.74, 6) is -0.857. The Bertz CT molecular complexity index is 520. The summed E-state index contributed by atoms with van der Waals surface area (Å²) in [7, 11) is 0. The molecule has 1 aromatic carbocycles. The lowest BCUT2D eigenvalue weighted by molar-refractivity contribution is -0.142. The molecule has 0 heterocycles. The van der Waals surface area contributed by atoms with Crippen LogP contribution in [0, 0.1) is 5.92 Å². The van der Waals surface area contributed by atoms with Gasteiger partial charge in [0.25, 0.3) is 0 Å². The lowest BCUT2D eigenvalue weighted by atomic mass is 9.86. The maximum absolute atomic E-state index is 12.5. The van der Waals surface area contributed by atoms with E-state index in [2.05, 4.69) is 26.0 Å². The quantitative estimate of drug-likeness (QED) is 0.791. The fraction of sp³-hybridized carbons (Fsp3) is 0.533. The molecular formula is C15H18BrF2NO3. The van der Waals surface area contributed by atoms with Gasteiger partial charge in [-0.2, -0.15) is 8.78 Å². The third-order valence-electron chi connectivity index (χ3n) is 3.91. The molecule has 4 nitrogen and oxygen atoms in total. The van der Waals surface area contributed by atoms with E-state index in [1.165, 1.54) is 0 Å². The van der Waals surface area contributed by atoms with E-state index >= 15 is 0 Å². The van der Waals surface area contributed by atoms with Gasteiger partial charge in [-0.15, -0.1) is 0 Å². The van der Waals surface area contributed by atoms with E-state index in [-0.39, 0.29) is 17.7 Å². The molecule has 22 heavy (non-hydrogen) atoms. The SMILES string of the molecule is O=C(O)C1CCC(NCc2cccc(Br)c2OC(F)F)CC1. The number of carboxylic acids is 1. The predicted molar refractivity (Wildman–Crippen MR) is 81.0 cm³/mol. The number of halogens is 3. The molecule has 0 unspecified atom stereocenters. The Labute approximate surface area is 136 Å². The number of hydrogen-bond donors (Lipinski definition) is 2. The fourth-order valence-corrected chi connectivity index (χ4v) is 3.21. The highest BCUT2D eigenvalue weighted by molar-refractivity contribution is 9.10. The summed E-state index contributed by atoms with van der Waals surface area (Å²) in [5.41, 5.74) is 0.648. The van der Waals surface area contributed by atoms with Crippen molar-refractivity contribution < 1.29 is 23.4 Å². The van der Waals surface area contributed by atoms with Crippen molar-refractivity contribution >= 4 is 21.9 Å². The van der Waals surface area contributed by atoms with Gasteiger partial charge in [-0.25, -0.2) is 0 Å². The van der Waals surface area contributed by atoms with Gasteiger partial charge in [-0.3, -0.25) is 4.79 Å². The topological polar surface area (TPSA) is 58.6 Å². The maximum atomic E-state index is 12.5. The van der Waals surface area contributed by atoms with Crippen molar-refractivity contribution in [3.8, 4) is 5.75 Å². The standard InChI is InChI=1S/C15H18BrF2NO3/c16-12-3-1-2-10(13(12)22-15(17)18)8-19-11-6-4-9(5-7-11)14(20)21/h1-3,9,11,15,19H,4-8H2,(H,20,21). The first-order valence-corrected chi connectivity index (χ1v) is 7.95. The summed E-state index contributed by atoms with van der Waals surface area (Å²) < 4.78 is 30.0. The Balaban J connectivity index is 1.92. The van der Waals surface area contributed by atoms with Crippen LogP contribution in [0.1, 0.15) is 31.2 Å². The van der Waals surface area contributed by atoms with E-state index in [9.17, 15) is 13.6 Å². The van der Waals surface area contributed by atoms with E-state index in [1.54, 1.807) is 18.2 Å². The third kappa shape index (κ3) is 4.64. The van der Waals surface area contributed by atoms with Crippen LogP contribution in [0.15, 0.2) is 22.7 Å². The van der Waals surface area contributed by atoms with Crippen molar-refractivity contribution in [1.29, 1.82) is 0 Å². The Kier molecular flexibility index (Phi) is 6.14. The zero-order valence-corrected chi connectivity index (χ0v) is 13.5. The van der Waals surface area contributed by atoms with Gasteiger partial charge in [0.05, 0.1) is 10.4 Å². The molecule has 0 aromatic heterocycles. The molecule has 1 fully saturated rings. The highest BCUT2D eigenvalue weighted by atomic mass is 79.9.